The highest BCUT2D eigenvalue weighted by Gasteiger charge is 2.70. The molecule has 24 heavy (non-hydrogen) atoms. The molecule has 130 valence electrons. The molecule has 1 atom stereocenters. The monoisotopic (exact) mass is 340 g/mol. The first-order valence-electron chi connectivity index (χ1n) is 8.00. The molecule has 2 aliphatic carbocycles. The third kappa shape index (κ3) is 2.35. The van der Waals surface area contributed by atoms with E-state index in [1.165, 1.54) is 4.90 Å². The van der Waals surface area contributed by atoms with E-state index in [9.17, 15) is 28.0 Å². The lowest BCUT2D eigenvalue weighted by molar-refractivity contribution is -0.198. The molecule has 0 N–H and O–H groups in total. The predicted octanol–water partition coefficient (Wildman–Crippen LogP) is 3.00. The van der Waals surface area contributed by atoms with Crippen LogP contribution in [0.25, 0.3) is 0 Å². The molecule has 0 bridgehead atoms. The number of hydrogen-bond acceptors (Lipinski definition) is 3. The largest absolute Gasteiger partial charge is 0.403 e. The average molecular weight is 340 g/mol. The summed E-state index contributed by atoms with van der Waals surface area (Å²) in [6.45, 7) is 3.86. The molecule has 0 radical (unpaired) electrons. The third-order valence-corrected chi connectivity index (χ3v) is 5.60. The second kappa shape index (κ2) is 4.84. The molecule has 0 aromatic carbocycles. The summed E-state index contributed by atoms with van der Waals surface area (Å²) in [7, 11) is 0. The SMILES string of the molecule is CC1(C)C[C@]2(C=C(C#N)C1=O)CCN(C(=O)C1(C(F)(F)F)CC1)C2. The van der Waals surface area contributed by atoms with Crippen LogP contribution in [0, 0.1) is 27.6 Å². The van der Waals surface area contributed by atoms with Crippen molar-refractivity contribution >= 4 is 11.7 Å². The van der Waals surface area contributed by atoms with Gasteiger partial charge in [-0.05, 0) is 25.7 Å². The van der Waals surface area contributed by atoms with Gasteiger partial charge in [0.05, 0.1) is 5.57 Å². The van der Waals surface area contributed by atoms with Gasteiger partial charge in [-0.3, -0.25) is 9.59 Å². The molecule has 3 aliphatic rings. The number of Topliss-reactive ketones (excluding diaryl/α,β-unsaturated/α-hetero) is 1. The number of ketones is 1. The van der Waals surface area contributed by atoms with Gasteiger partial charge in [-0.25, -0.2) is 0 Å². The molecular formula is C17H19F3N2O2. The second-order valence-corrected chi connectivity index (χ2v) is 7.98. The summed E-state index contributed by atoms with van der Waals surface area (Å²) in [5, 5.41) is 9.19. The van der Waals surface area contributed by atoms with Crippen LogP contribution in [-0.2, 0) is 9.59 Å². The van der Waals surface area contributed by atoms with E-state index < -0.39 is 28.3 Å². The first-order chi connectivity index (χ1) is 11.0. The molecule has 0 unspecified atom stereocenters. The van der Waals surface area contributed by atoms with E-state index >= 15 is 0 Å². The van der Waals surface area contributed by atoms with Gasteiger partial charge in [0.1, 0.15) is 11.5 Å². The Morgan fingerprint density at radius 1 is 1.29 bits per heavy atom. The van der Waals surface area contributed by atoms with Crippen molar-refractivity contribution in [1.29, 1.82) is 5.26 Å². The van der Waals surface area contributed by atoms with Crippen molar-refractivity contribution in [3.05, 3.63) is 11.6 Å². The van der Waals surface area contributed by atoms with Gasteiger partial charge >= 0.3 is 6.18 Å². The van der Waals surface area contributed by atoms with Gasteiger partial charge in [-0.1, -0.05) is 19.9 Å². The van der Waals surface area contributed by atoms with Gasteiger partial charge in [0.25, 0.3) is 0 Å². The summed E-state index contributed by atoms with van der Waals surface area (Å²) >= 11 is 0. The van der Waals surface area contributed by atoms with E-state index in [4.69, 9.17) is 0 Å². The summed E-state index contributed by atoms with van der Waals surface area (Å²) in [5.41, 5.74) is -3.49. The van der Waals surface area contributed by atoms with Crippen molar-refractivity contribution in [1.82, 2.24) is 4.90 Å². The Morgan fingerprint density at radius 3 is 2.42 bits per heavy atom. The van der Waals surface area contributed by atoms with E-state index in [1.807, 2.05) is 6.07 Å². The minimum Gasteiger partial charge on any atom is -0.341 e. The van der Waals surface area contributed by atoms with Crippen LogP contribution in [0.5, 0.6) is 0 Å². The molecule has 1 amide bonds. The van der Waals surface area contributed by atoms with Crippen molar-refractivity contribution in [3.63, 3.8) is 0 Å². The van der Waals surface area contributed by atoms with Crippen molar-refractivity contribution < 1.29 is 22.8 Å². The van der Waals surface area contributed by atoms with Crippen molar-refractivity contribution in [2.24, 2.45) is 16.2 Å². The quantitative estimate of drug-likeness (QED) is 0.737. The molecule has 1 aliphatic heterocycles. The van der Waals surface area contributed by atoms with E-state index in [-0.39, 0.29) is 37.3 Å². The molecular weight excluding hydrogens is 321 g/mol. The van der Waals surface area contributed by atoms with Gasteiger partial charge in [-0.15, -0.1) is 0 Å². The summed E-state index contributed by atoms with van der Waals surface area (Å²) in [6, 6.07) is 1.90. The average Bonchev–Trinajstić information content (AvgIpc) is 3.20. The Hall–Kier alpha value is -1.84. The number of nitrogens with zero attached hydrogens (tertiary/aromatic N) is 2. The van der Waals surface area contributed by atoms with Crippen LogP contribution in [0.2, 0.25) is 0 Å². The molecule has 1 saturated heterocycles. The number of alkyl halides is 3. The number of carbonyl (C=O) groups is 2. The maximum atomic E-state index is 13.2. The molecule has 1 spiro atoms. The fraction of sp³-hybridized carbons (Fsp3) is 0.706. The van der Waals surface area contributed by atoms with Crippen molar-refractivity contribution in [3.8, 4) is 6.07 Å². The molecule has 2 fully saturated rings. The van der Waals surface area contributed by atoms with Gasteiger partial charge in [0.2, 0.25) is 5.91 Å². The van der Waals surface area contributed by atoms with Gasteiger partial charge in [0.15, 0.2) is 5.78 Å². The number of carbonyl (C=O) groups excluding carboxylic acids is 2. The summed E-state index contributed by atoms with van der Waals surface area (Å²) in [6.07, 6.45) is -2.32. The number of nitriles is 1. The lowest BCUT2D eigenvalue weighted by Gasteiger charge is -2.38. The Labute approximate surface area is 138 Å². The maximum Gasteiger partial charge on any atom is 0.403 e. The Morgan fingerprint density at radius 2 is 1.92 bits per heavy atom. The fourth-order valence-electron chi connectivity index (χ4n) is 4.21. The highest BCUT2D eigenvalue weighted by Crippen LogP contribution is 2.59. The van der Waals surface area contributed by atoms with Crippen LogP contribution in [0.4, 0.5) is 13.2 Å². The minimum atomic E-state index is -4.52. The number of halogens is 3. The lowest BCUT2D eigenvalue weighted by atomic mass is 9.64. The molecule has 0 aromatic rings. The normalized spacial score (nSPS) is 30.9. The Kier molecular flexibility index (Phi) is 3.43. The zero-order chi connectivity index (χ0) is 18.0. The van der Waals surface area contributed by atoms with Crippen LogP contribution >= 0.6 is 0 Å². The maximum absolute atomic E-state index is 13.2. The summed E-state index contributed by atoms with van der Waals surface area (Å²) in [4.78, 5) is 25.9. The second-order valence-electron chi connectivity index (χ2n) is 7.98. The number of hydrogen-bond donors (Lipinski definition) is 0. The zero-order valence-corrected chi connectivity index (χ0v) is 13.7. The topological polar surface area (TPSA) is 61.2 Å². The number of rotatable bonds is 1. The van der Waals surface area contributed by atoms with Crippen LogP contribution in [0.15, 0.2) is 11.6 Å². The first kappa shape index (κ1) is 17.0. The molecule has 7 heteroatoms. The molecule has 0 aromatic heterocycles. The standard InChI is InChI=1S/C17H19F3N2O2/c1-14(2)9-15(7-11(8-21)12(14)23)5-6-22(10-15)13(24)16(3-4-16)17(18,19)20/h7H,3-6,9-10H2,1-2H3/t15-/m1/s1. The number of amides is 1. The van der Waals surface area contributed by atoms with Crippen LogP contribution in [0.1, 0.15) is 39.5 Å². The lowest BCUT2D eigenvalue weighted by Crippen LogP contribution is -2.45. The molecule has 3 rings (SSSR count). The number of allylic oxidation sites excluding steroid dienone is 1. The van der Waals surface area contributed by atoms with Gasteiger partial charge in [0, 0.05) is 23.9 Å². The third-order valence-electron chi connectivity index (χ3n) is 5.60. The van der Waals surface area contributed by atoms with E-state index in [0.29, 0.717) is 12.8 Å². The number of likely N-dealkylation sites (tertiary alicyclic amines) is 1. The summed E-state index contributed by atoms with van der Waals surface area (Å²) in [5.74, 6) is -1.09. The zero-order valence-electron chi connectivity index (χ0n) is 13.7. The van der Waals surface area contributed by atoms with Gasteiger partial charge < -0.3 is 4.90 Å². The fourth-order valence-corrected chi connectivity index (χ4v) is 4.21. The van der Waals surface area contributed by atoms with Gasteiger partial charge in [-0.2, -0.15) is 18.4 Å². The van der Waals surface area contributed by atoms with Crippen molar-refractivity contribution in [2.45, 2.75) is 45.7 Å². The highest BCUT2D eigenvalue weighted by atomic mass is 19.4. The molecule has 1 heterocycles. The first-order valence-corrected chi connectivity index (χ1v) is 8.00. The van der Waals surface area contributed by atoms with E-state index in [1.54, 1.807) is 19.9 Å². The minimum absolute atomic E-state index is 0.0532. The van der Waals surface area contributed by atoms with E-state index in [0.717, 1.165) is 0 Å². The van der Waals surface area contributed by atoms with E-state index in [2.05, 4.69) is 0 Å². The van der Waals surface area contributed by atoms with Crippen LogP contribution in [-0.4, -0.2) is 35.9 Å². The molecule has 4 nitrogen and oxygen atoms in total. The predicted molar refractivity (Wildman–Crippen MR) is 78.5 cm³/mol. The smallest absolute Gasteiger partial charge is 0.341 e. The highest BCUT2D eigenvalue weighted by molar-refractivity contribution is 6.03. The summed E-state index contributed by atoms with van der Waals surface area (Å²) < 4.78 is 39.5. The molecule has 1 saturated carbocycles. The Balaban J connectivity index is 1.86. The van der Waals surface area contributed by atoms with Crippen molar-refractivity contribution in [2.75, 3.05) is 13.1 Å². The van der Waals surface area contributed by atoms with Crippen LogP contribution in [0.3, 0.4) is 0 Å². The Bertz CT molecular complexity index is 683. The van der Waals surface area contributed by atoms with Crippen LogP contribution < -0.4 is 0 Å².